The largest absolute Gasteiger partial charge is 0.378 e. The molecule has 0 saturated carbocycles. The summed E-state index contributed by atoms with van der Waals surface area (Å²) < 4.78 is 31.4. The van der Waals surface area contributed by atoms with E-state index in [0.29, 0.717) is 37.7 Å². The van der Waals surface area contributed by atoms with Gasteiger partial charge >= 0.3 is 0 Å². The molecule has 0 bridgehead atoms. The predicted molar refractivity (Wildman–Crippen MR) is 107 cm³/mol. The van der Waals surface area contributed by atoms with Crippen LogP contribution < -0.4 is 14.5 Å². The first-order valence-electron chi connectivity index (χ1n) is 8.69. The molecule has 2 aromatic carbocycles. The quantitative estimate of drug-likeness (QED) is 0.817. The van der Waals surface area contributed by atoms with E-state index >= 15 is 0 Å². The average molecular weight is 389 g/mol. The number of benzene rings is 2. The molecule has 0 spiro atoms. The minimum absolute atomic E-state index is 0.297. The molecular weight excluding hydrogens is 366 g/mol. The monoisotopic (exact) mass is 389 g/mol. The second-order valence-electron chi connectivity index (χ2n) is 6.27. The van der Waals surface area contributed by atoms with Gasteiger partial charge in [0.25, 0.3) is 0 Å². The highest BCUT2D eigenvalue weighted by atomic mass is 32.2. The summed E-state index contributed by atoms with van der Waals surface area (Å²) in [4.78, 5) is 14.6. The zero-order valence-electron chi connectivity index (χ0n) is 15.2. The van der Waals surface area contributed by atoms with E-state index < -0.39 is 15.9 Å². The number of nitrogens with one attached hydrogen (secondary N) is 1. The van der Waals surface area contributed by atoms with Crippen LogP contribution in [-0.4, -0.2) is 53.4 Å². The maximum Gasteiger partial charge on any atom is 0.245 e. The van der Waals surface area contributed by atoms with Gasteiger partial charge in [-0.05, 0) is 24.3 Å². The Bertz CT molecular complexity index is 881. The zero-order chi connectivity index (χ0) is 19.3. The summed E-state index contributed by atoms with van der Waals surface area (Å²) in [5, 5.41) is 2.73. The molecule has 0 unspecified atom stereocenters. The maximum absolute atomic E-state index is 12.5. The number of nitrogens with zero attached hydrogens (tertiary/aromatic N) is 2. The molecule has 1 fully saturated rings. The van der Waals surface area contributed by atoms with Crippen LogP contribution in [0.5, 0.6) is 0 Å². The van der Waals surface area contributed by atoms with E-state index in [9.17, 15) is 13.2 Å². The van der Waals surface area contributed by atoms with E-state index in [-0.39, 0.29) is 6.54 Å². The normalized spacial score (nSPS) is 14.6. The van der Waals surface area contributed by atoms with Gasteiger partial charge in [-0.15, -0.1) is 0 Å². The Labute approximate surface area is 159 Å². The molecule has 8 heteroatoms. The molecule has 1 aliphatic rings. The van der Waals surface area contributed by atoms with Crippen molar-refractivity contribution in [3.05, 3.63) is 54.6 Å². The standard InChI is InChI=1S/C19H23N3O4S/c1-27(24,25)22(15-19(23)20-16-7-3-2-4-8-16)18-10-6-5-9-17(18)21-11-13-26-14-12-21/h2-10H,11-15H2,1H3,(H,20,23). The molecule has 1 amide bonds. The van der Waals surface area contributed by atoms with Crippen molar-refractivity contribution in [1.82, 2.24) is 0 Å². The first kappa shape index (κ1) is 19.2. The Morgan fingerprint density at radius 2 is 1.70 bits per heavy atom. The molecule has 1 heterocycles. The van der Waals surface area contributed by atoms with Crippen LogP contribution in [-0.2, 0) is 19.6 Å². The van der Waals surface area contributed by atoms with Crippen molar-refractivity contribution in [2.24, 2.45) is 0 Å². The minimum atomic E-state index is -3.65. The third-order valence-corrected chi connectivity index (χ3v) is 5.37. The van der Waals surface area contributed by atoms with Crippen molar-refractivity contribution < 1.29 is 17.9 Å². The first-order valence-corrected chi connectivity index (χ1v) is 10.5. The van der Waals surface area contributed by atoms with Crippen molar-refractivity contribution in [3.63, 3.8) is 0 Å². The number of hydrogen-bond donors (Lipinski definition) is 1. The summed E-state index contributed by atoms with van der Waals surface area (Å²) >= 11 is 0. The fourth-order valence-corrected chi connectivity index (χ4v) is 3.84. The van der Waals surface area contributed by atoms with Gasteiger partial charge in [0, 0.05) is 18.8 Å². The lowest BCUT2D eigenvalue weighted by atomic mass is 10.2. The summed E-state index contributed by atoms with van der Waals surface area (Å²) in [6.45, 7) is 2.22. The molecule has 3 rings (SSSR count). The Balaban J connectivity index is 1.86. The van der Waals surface area contributed by atoms with Crippen LogP contribution in [0, 0.1) is 0 Å². The molecular formula is C19H23N3O4S. The maximum atomic E-state index is 12.5. The molecule has 27 heavy (non-hydrogen) atoms. The number of hydrogen-bond acceptors (Lipinski definition) is 5. The highest BCUT2D eigenvalue weighted by molar-refractivity contribution is 7.92. The van der Waals surface area contributed by atoms with E-state index in [2.05, 4.69) is 10.2 Å². The highest BCUT2D eigenvalue weighted by Crippen LogP contribution is 2.31. The van der Waals surface area contributed by atoms with E-state index in [4.69, 9.17) is 4.74 Å². The van der Waals surface area contributed by atoms with Crippen LogP contribution in [0.2, 0.25) is 0 Å². The van der Waals surface area contributed by atoms with Gasteiger partial charge in [-0.25, -0.2) is 8.42 Å². The minimum Gasteiger partial charge on any atom is -0.378 e. The smallest absolute Gasteiger partial charge is 0.245 e. The second-order valence-corrected chi connectivity index (χ2v) is 8.18. The summed E-state index contributed by atoms with van der Waals surface area (Å²) in [6.07, 6.45) is 1.11. The summed E-state index contributed by atoms with van der Waals surface area (Å²) in [5.74, 6) is -0.400. The molecule has 1 aliphatic heterocycles. The molecule has 2 aromatic rings. The Morgan fingerprint density at radius 1 is 1.07 bits per heavy atom. The van der Waals surface area contributed by atoms with Crippen LogP contribution in [0.4, 0.5) is 17.1 Å². The lowest BCUT2D eigenvalue weighted by Crippen LogP contribution is -2.41. The van der Waals surface area contributed by atoms with Crippen LogP contribution in [0.25, 0.3) is 0 Å². The summed E-state index contributed by atoms with van der Waals surface area (Å²) in [6, 6.07) is 16.2. The van der Waals surface area contributed by atoms with Crippen molar-refractivity contribution in [1.29, 1.82) is 0 Å². The molecule has 7 nitrogen and oxygen atoms in total. The number of ether oxygens (including phenoxy) is 1. The lowest BCUT2D eigenvalue weighted by molar-refractivity contribution is -0.114. The van der Waals surface area contributed by atoms with Gasteiger partial charge in [-0.3, -0.25) is 9.10 Å². The van der Waals surface area contributed by atoms with Gasteiger partial charge in [0.15, 0.2) is 0 Å². The number of carbonyl (C=O) groups excluding carboxylic acids is 1. The van der Waals surface area contributed by atoms with Gasteiger partial charge in [0.1, 0.15) is 6.54 Å². The molecule has 0 aliphatic carbocycles. The van der Waals surface area contributed by atoms with Crippen LogP contribution in [0.1, 0.15) is 0 Å². The average Bonchev–Trinajstić information content (AvgIpc) is 2.67. The number of rotatable bonds is 6. The third kappa shape index (κ3) is 4.99. The van der Waals surface area contributed by atoms with Crippen LogP contribution in [0.3, 0.4) is 0 Å². The van der Waals surface area contributed by atoms with E-state index in [1.165, 1.54) is 0 Å². The first-order chi connectivity index (χ1) is 12.9. The van der Waals surface area contributed by atoms with E-state index in [1.807, 2.05) is 18.2 Å². The predicted octanol–water partition coefficient (Wildman–Crippen LogP) is 1.93. The van der Waals surface area contributed by atoms with Crippen LogP contribution >= 0.6 is 0 Å². The molecule has 1 saturated heterocycles. The number of amides is 1. The summed E-state index contributed by atoms with van der Waals surface area (Å²) in [5.41, 5.74) is 1.89. The number of anilines is 3. The van der Waals surface area contributed by atoms with Gasteiger partial charge < -0.3 is 15.0 Å². The van der Waals surface area contributed by atoms with Gasteiger partial charge in [-0.1, -0.05) is 30.3 Å². The van der Waals surface area contributed by atoms with Crippen LogP contribution in [0.15, 0.2) is 54.6 Å². The lowest BCUT2D eigenvalue weighted by Gasteiger charge is -2.33. The zero-order valence-corrected chi connectivity index (χ0v) is 16.0. The summed E-state index contributed by atoms with van der Waals surface area (Å²) in [7, 11) is -3.65. The van der Waals surface area contributed by atoms with Gasteiger partial charge in [0.05, 0.1) is 30.8 Å². The van der Waals surface area contributed by atoms with Crippen molar-refractivity contribution in [2.75, 3.05) is 53.6 Å². The Kier molecular flexibility index (Phi) is 5.98. The number of carbonyl (C=O) groups is 1. The third-order valence-electron chi connectivity index (χ3n) is 4.25. The molecule has 0 aromatic heterocycles. The van der Waals surface area contributed by atoms with Gasteiger partial charge in [0.2, 0.25) is 15.9 Å². The van der Waals surface area contributed by atoms with Crippen molar-refractivity contribution in [2.45, 2.75) is 0 Å². The number of sulfonamides is 1. The highest BCUT2D eigenvalue weighted by Gasteiger charge is 2.25. The molecule has 144 valence electrons. The molecule has 1 N–H and O–H groups in total. The van der Waals surface area contributed by atoms with Crippen molar-refractivity contribution >= 4 is 33.0 Å². The number of para-hydroxylation sites is 3. The van der Waals surface area contributed by atoms with Gasteiger partial charge in [-0.2, -0.15) is 0 Å². The molecule has 0 radical (unpaired) electrons. The molecule has 0 atom stereocenters. The Morgan fingerprint density at radius 3 is 2.37 bits per heavy atom. The SMILES string of the molecule is CS(=O)(=O)N(CC(=O)Nc1ccccc1)c1ccccc1N1CCOCC1. The Hall–Kier alpha value is -2.58. The fourth-order valence-electron chi connectivity index (χ4n) is 2.98. The second kappa shape index (κ2) is 8.41. The topological polar surface area (TPSA) is 79.0 Å². The fraction of sp³-hybridized carbons (Fsp3) is 0.316. The van der Waals surface area contributed by atoms with E-state index in [1.54, 1.807) is 36.4 Å². The number of morpholine rings is 1. The van der Waals surface area contributed by atoms with Crippen molar-refractivity contribution in [3.8, 4) is 0 Å². The van der Waals surface area contributed by atoms with E-state index in [0.717, 1.165) is 16.2 Å².